The topological polar surface area (TPSA) is 76.5 Å². The van der Waals surface area contributed by atoms with Crippen LogP contribution in [0.1, 0.15) is 39.9 Å². The van der Waals surface area contributed by atoms with Crippen LogP contribution in [0.25, 0.3) is 0 Å². The Morgan fingerprint density at radius 2 is 1.56 bits per heavy atom. The summed E-state index contributed by atoms with van der Waals surface area (Å²) in [5, 5.41) is 0. The molecule has 5 rings (SSSR count). The normalized spacial score (nSPS) is 21.0. The Morgan fingerprint density at radius 3 is 2.14 bits per heavy atom. The van der Waals surface area contributed by atoms with E-state index in [-0.39, 0.29) is 48.6 Å². The van der Waals surface area contributed by atoms with Gasteiger partial charge in [-0.2, -0.15) is 26.3 Å². The van der Waals surface area contributed by atoms with Crippen LogP contribution in [-0.4, -0.2) is 48.7 Å². The van der Waals surface area contributed by atoms with Crippen LogP contribution in [0.5, 0.6) is 0 Å². The lowest BCUT2D eigenvalue weighted by molar-refractivity contribution is -0.348. The first-order chi connectivity index (χ1) is 19.9. The first kappa shape index (κ1) is 30.7. The van der Waals surface area contributed by atoms with Gasteiger partial charge in [0, 0.05) is 31.4 Å². The van der Waals surface area contributed by atoms with E-state index in [1.165, 1.54) is 24.2 Å². The molecule has 1 aliphatic carbocycles. The van der Waals surface area contributed by atoms with Gasteiger partial charge in [-0.3, -0.25) is 9.59 Å². The van der Waals surface area contributed by atoms with Gasteiger partial charge in [-0.15, -0.1) is 0 Å². The molecule has 2 atom stereocenters. The molecule has 15 heteroatoms. The van der Waals surface area contributed by atoms with E-state index in [9.17, 15) is 53.1 Å². The number of nitrogens with zero attached hydrogens (tertiary/aromatic N) is 2. The van der Waals surface area contributed by atoms with Crippen LogP contribution in [0.2, 0.25) is 0 Å². The quantitative estimate of drug-likeness (QED) is 0.287. The highest BCUT2D eigenvalue weighted by Crippen LogP contribution is 2.56. The number of aromatic nitrogens is 1. The van der Waals surface area contributed by atoms with Gasteiger partial charge in [0.25, 0.3) is 5.91 Å². The number of fused-ring (bicyclic) bond motifs is 3. The Balaban J connectivity index is 1.71. The molecule has 0 spiro atoms. The van der Waals surface area contributed by atoms with Gasteiger partial charge >= 0.3 is 18.0 Å². The number of pyridine rings is 1. The number of likely N-dealkylation sites (tertiary alicyclic amines) is 1. The van der Waals surface area contributed by atoms with Crippen LogP contribution in [0.4, 0.5) is 35.1 Å². The number of hydrogen-bond donors (Lipinski definition) is 0. The van der Waals surface area contributed by atoms with Crippen molar-refractivity contribution in [3.05, 3.63) is 99.2 Å². The maximum atomic E-state index is 14.9. The summed E-state index contributed by atoms with van der Waals surface area (Å²) in [6, 6.07) is 6.29. The molecular formula is C28H22F8N2O4S. The molecule has 0 radical (unpaired) electrons. The Morgan fingerprint density at radius 1 is 0.930 bits per heavy atom. The molecule has 6 nitrogen and oxygen atoms in total. The van der Waals surface area contributed by atoms with E-state index in [0.29, 0.717) is 6.07 Å². The van der Waals surface area contributed by atoms with Crippen LogP contribution >= 0.6 is 0 Å². The minimum atomic E-state index is -6.37. The molecule has 0 saturated carbocycles. The summed E-state index contributed by atoms with van der Waals surface area (Å²) in [7, 11) is -3.22. The number of aryl methyl sites for hydroxylation is 2. The van der Waals surface area contributed by atoms with E-state index in [1.54, 1.807) is 0 Å². The molecule has 230 valence electrons. The molecule has 1 saturated heterocycles. The first-order valence-electron chi connectivity index (χ1n) is 12.8. The number of benzene rings is 2. The SMILES string of the molecule is Cn1cc(C(=O)N2CC[C@@]3(S(=O)(=O)c4ccc(F)cc4)c4ccc(C(F)(C(F)(F)F)C(F)(F)F)cc4CC[C@@H]23)ccc1=O. The molecule has 1 amide bonds. The van der Waals surface area contributed by atoms with Crippen molar-refractivity contribution in [2.24, 2.45) is 7.05 Å². The number of alkyl halides is 7. The highest BCUT2D eigenvalue weighted by molar-refractivity contribution is 7.92. The monoisotopic (exact) mass is 634 g/mol. The summed E-state index contributed by atoms with van der Waals surface area (Å²) in [6.45, 7) is -0.188. The van der Waals surface area contributed by atoms with Gasteiger partial charge in [0.15, 0.2) is 9.84 Å². The van der Waals surface area contributed by atoms with Crippen LogP contribution in [0, 0.1) is 5.82 Å². The Labute approximate surface area is 239 Å². The second kappa shape index (κ2) is 9.89. The first-order valence-corrected chi connectivity index (χ1v) is 14.3. The van der Waals surface area contributed by atoms with Crippen molar-refractivity contribution >= 4 is 15.7 Å². The Kier molecular flexibility index (Phi) is 7.06. The van der Waals surface area contributed by atoms with Crippen molar-refractivity contribution in [1.82, 2.24) is 9.47 Å². The Hall–Kier alpha value is -3.75. The molecule has 2 heterocycles. The van der Waals surface area contributed by atoms with Gasteiger partial charge in [0.05, 0.1) is 16.5 Å². The average molecular weight is 635 g/mol. The standard InChI is InChI=1S/C28H22F8N2O4S/c1-37-15-17(3-11-23(37)39)24(40)38-13-12-25(43(41,42)20-7-5-19(29)6-8-20)21-9-4-18(14-16(21)2-10-22(25)38)26(30,27(31,32)33)28(34,35)36/h3-9,11,14-15,22H,2,10,12-13H2,1H3/t22-,25-/m1/s1. The van der Waals surface area contributed by atoms with E-state index in [4.69, 9.17) is 0 Å². The lowest BCUT2D eigenvalue weighted by atomic mass is 9.76. The highest BCUT2D eigenvalue weighted by atomic mass is 32.2. The summed E-state index contributed by atoms with van der Waals surface area (Å²) in [4.78, 5) is 26.3. The number of carbonyl (C=O) groups excluding carboxylic acids is 1. The maximum Gasteiger partial charge on any atom is 0.435 e. The molecule has 0 unspecified atom stereocenters. The third-order valence-corrected chi connectivity index (χ3v) is 10.8. The van der Waals surface area contributed by atoms with E-state index in [0.717, 1.165) is 41.0 Å². The zero-order chi connectivity index (χ0) is 31.8. The lowest BCUT2D eigenvalue weighted by Crippen LogP contribution is -2.53. The molecule has 0 bridgehead atoms. The summed E-state index contributed by atoms with van der Waals surface area (Å²) >= 11 is 0. The van der Waals surface area contributed by atoms with E-state index in [2.05, 4.69) is 0 Å². The van der Waals surface area contributed by atoms with Crippen molar-refractivity contribution in [2.75, 3.05) is 6.54 Å². The smallest absolute Gasteiger partial charge is 0.334 e. The number of sulfone groups is 1. The maximum absolute atomic E-state index is 14.9. The van der Waals surface area contributed by atoms with Crippen LogP contribution in [-0.2, 0) is 33.7 Å². The molecule has 2 aromatic carbocycles. The fraction of sp³-hybridized carbons (Fsp3) is 0.357. The van der Waals surface area contributed by atoms with E-state index in [1.807, 2.05) is 0 Å². The number of amides is 1. The van der Waals surface area contributed by atoms with Gasteiger partial charge in [-0.25, -0.2) is 17.2 Å². The van der Waals surface area contributed by atoms with Crippen molar-refractivity contribution < 1.29 is 48.3 Å². The lowest BCUT2D eigenvalue weighted by Gasteiger charge is -2.43. The zero-order valence-electron chi connectivity index (χ0n) is 22.1. The number of carbonyl (C=O) groups is 1. The molecule has 1 aromatic heterocycles. The van der Waals surface area contributed by atoms with Gasteiger partial charge < -0.3 is 9.47 Å². The summed E-state index contributed by atoms with van der Waals surface area (Å²) in [6.07, 6.45) is -12.3. The van der Waals surface area contributed by atoms with Crippen molar-refractivity contribution in [1.29, 1.82) is 0 Å². The minimum absolute atomic E-state index is 0.0378. The van der Waals surface area contributed by atoms with Crippen molar-refractivity contribution in [3.63, 3.8) is 0 Å². The van der Waals surface area contributed by atoms with Gasteiger partial charge in [-0.05, 0) is 60.7 Å². The third kappa shape index (κ3) is 4.45. The summed E-state index contributed by atoms with van der Waals surface area (Å²) in [5.74, 6) is -1.42. The van der Waals surface area contributed by atoms with Gasteiger partial charge in [0.1, 0.15) is 10.6 Å². The second-order valence-corrected chi connectivity index (χ2v) is 12.7. The van der Waals surface area contributed by atoms with Crippen molar-refractivity contribution in [3.8, 4) is 0 Å². The number of halogens is 8. The molecular weight excluding hydrogens is 612 g/mol. The third-order valence-electron chi connectivity index (χ3n) is 8.26. The van der Waals surface area contributed by atoms with Crippen molar-refractivity contribution in [2.45, 2.75) is 53.0 Å². The van der Waals surface area contributed by atoms with Crippen LogP contribution in [0.15, 0.2) is 70.5 Å². The summed E-state index contributed by atoms with van der Waals surface area (Å²) in [5.41, 5.74) is -8.30. The van der Waals surface area contributed by atoms with Gasteiger partial charge in [-0.1, -0.05) is 18.2 Å². The van der Waals surface area contributed by atoms with Gasteiger partial charge in [0.2, 0.25) is 5.56 Å². The highest BCUT2D eigenvalue weighted by Gasteiger charge is 2.73. The molecule has 2 aliphatic rings. The molecule has 1 fully saturated rings. The number of hydrogen-bond acceptors (Lipinski definition) is 4. The summed E-state index contributed by atoms with van der Waals surface area (Å²) < 4.78 is 137. The predicted molar refractivity (Wildman–Crippen MR) is 136 cm³/mol. The van der Waals surface area contributed by atoms with E-state index >= 15 is 0 Å². The molecule has 1 aliphatic heterocycles. The fourth-order valence-corrected chi connectivity index (χ4v) is 8.55. The average Bonchev–Trinajstić information content (AvgIpc) is 3.34. The molecule has 43 heavy (non-hydrogen) atoms. The fourth-order valence-electron chi connectivity index (χ4n) is 6.18. The zero-order valence-corrected chi connectivity index (χ0v) is 23.0. The van der Waals surface area contributed by atoms with E-state index < -0.39 is 66.4 Å². The van der Waals surface area contributed by atoms with Crippen LogP contribution < -0.4 is 5.56 Å². The predicted octanol–water partition coefficient (Wildman–Crippen LogP) is 5.34. The van der Waals surface area contributed by atoms with Crippen LogP contribution in [0.3, 0.4) is 0 Å². The second-order valence-electron chi connectivity index (χ2n) is 10.5. The molecule has 3 aromatic rings. The minimum Gasteiger partial charge on any atom is -0.334 e. The Bertz CT molecular complexity index is 1750. The largest absolute Gasteiger partial charge is 0.435 e. The molecule has 0 N–H and O–H groups in total. The number of rotatable bonds is 4.